The number of aryl methyl sites for hydroxylation is 1. The number of rotatable bonds is 3. The van der Waals surface area contributed by atoms with Crippen molar-refractivity contribution in [3.8, 4) is 0 Å². The Morgan fingerprint density at radius 3 is 2.15 bits per heavy atom. The third-order valence-electron chi connectivity index (χ3n) is 3.06. The monoisotopic (exact) mass is 302 g/mol. The fraction of sp³-hybridized carbons (Fsp3) is 0.200. The van der Waals surface area contributed by atoms with Gasteiger partial charge in [0.2, 0.25) is 0 Å². The number of alkyl halides is 1. The molecule has 2 rings (SSSR count). The highest BCUT2D eigenvalue weighted by Crippen LogP contribution is 2.30. The summed E-state index contributed by atoms with van der Waals surface area (Å²) < 4.78 is 54.2. The molecule has 0 aliphatic rings. The fourth-order valence-corrected chi connectivity index (χ4v) is 2.24. The lowest BCUT2D eigenvalue weighted by Gasteiger charge is -2.13. The van der Waals surface area contributed by atoms with E-state index in [1.54, 1.807) is 0 Å². The van der Waals surface area contributed by atoms with Crippen molar-refractivity contribution in [3.05, 3.63) is 70.3 Å². The van der Waals surface area contributed by atoms with Crippen molar-refractivity contribution >= 4 is 11.6 Å². The Hall–Kier alpha value is -1.55. The van der Waals surface area contributed by atoms with E-state index in [4.69, 9.17) is 11.6 Å². The number of hydrogen-bond acceptors (Lipinski definition) is 0. The standard InChI is InChI=1S/C15H11ClF4/c1-8-5-15(20)9(7-14(8)19)11(16)6-10-12(17)3-2-4-13(10)18/h2-5,7,11H,6H2,1H3. The molecule has 0 bridgehead atoms. The molecule has 0 spiro atoms. The Kier molecular flexibility index (Phi) is 4.33. The minimum atomic E-state index is -1.06. The van der Waals surface area contributed by atoms with Gasteiger partial charge >= 0.3 is 0 Å². The van der Waals surface area contributed by atoms with Crippen LogP contribution < -0.4 is 0 Å². The molecule has 0 heterocycles. The first-order valence-electron chi connectivity index (χ1n) is 5.92. The van der Waals surface area contributed by atoms with Gasteiger partial charge < -0.3 is 0 Å². The molecule has 1 unspecified atom stereocenters. The lowest BCUT2D eigenvalue weighted by Crippen LogP contribution is -2.04. The fourth-order valence-electron chi connectivity index (χ4n) is 1.92. The van der Waals surface area contributed by atoms with Crippen LogP contribution in [0, 0.1) is 30.2 Å². The van der Waals surface area contributed by atoms with E-state index in [0.717, 1.165) is 24.3 Å². The van der Waals surface area contributed by atoms with Crippen molar-refractivity contribution in [2.45, 2.75) is 18.7 Å². The van der Waals surface area contributed by atoms with Gasteiger partial charge in [-0.25, -0.2) is 17.6 Å². The van der Waals surface area contributed by atoms with Gasteiger partial charge in [-0.3, -0.25) is 0 Å². The van der Waals surface area contributed by atoms with Crippen LogP contribution in [-0.4, -0.2) is 0 Å². The molecule has 2 aromatic carbocycles. The zero-order valence-electron chi connectivity index (χ0n) is 10.6. The molecule has 106 valence electrons. The number of hydrogen-bond donors (Lipinski definition) is 0. The number of benzene rings is 2. The van der Waals surface area contributed by atoms with Gasteiger partial charge in [0.25, 0.3) is 0 Å². The molecular weight excluding hydrogens is 292 g/mol. The van der Waals surface area contributed by atoms with Crippen molar-refractivity contribution in [2.75, 3.05) is 0 Å². The van der Waals surface area contributed by atoms with Gasteiger partial charge in [0.05, 0.1) is 5.38 Å². The summed E-state index contributed by atoms with van der Waals surface area (Å²) in [6.07, 6.45) is -0.264. The summed E-state index contributed by atoms with van der Waals surface area (Å²) in [6, 6.07) is 5.38. The molecule has 20 heavy (non-hydrogen) atoms. The minimum Gasteiger partial charge on any atom is -0.207 e. The maximum atomic E-state index is 13.7. The summed E-state index contributed by atoms with van der Waals surface area (Å²) in [5, 5.41) is -1.06. The van der Waals surface area contributed by atoms with Gasteiger partial charge in [0.1, 0.15) is 23.3 Å². The molecule has 0 aliphatic carbocycles. The van der Waals surface area contributed by atoms with Gasteiger partial charge in [-0.05, 0) is 43.2 Å². The SMILES string of the molecule is Cc1cc(F)c(C(Cl)Cc2c(F)cccc2F)cc1F. The summed E-state index contributed by atoms with van der Waals surface area (Å²) in [4.78, 5) is 0. The van der Waals surface area contributed by atoms with Gasteiger partial charge in [-0.15, -0.1) is 11.6 Å². The molecule has 0 N–H and O–H groups in total. The predicted molar refractivity (Wildman–Crippen MR) is 69.8 cm³/mol. The zero-order chi connectivity index (χ0) is 14.9. The average molecular weight is 303 g/mol. The Morgan fingerprint density at radius 1 is 0.950 bits per heavy atom. The Balaban J connectivity index is 2.33. The van der Waals surface area contributed by atoms with Crippen molar-refractivity contribution < 1.29 is 17.6 Å². The molecule has 0 radical (unpaired) electrons. The van der Waals surface area contributed by atoms with Crippen LogP contribution in [0.4, 0.5) is 17.6 Å². The quantitative estimate of drug-likeness (QED) is 0.548. The first-order valence-corrected chi connectivity index (χ1v) is 6.36. The lowest BCUT2D eigenvalue weighted by atomic mass is 10.0. The average Bonchev–Trinajstić information content (AvgIpc) is 2.38. The summed E-state index contributed by atoms with van der Waals surface area (Å²) in [7, 11) is 0. The van der Waals surface area contributed by atoms with Gasteiger partial charge in [0, 0.05) is 11.1 Å². The molecule has 0 fully saturated rings. The molecule has 0 saturated carbocycles. The predicted octanol–water partition coefficient (Wildman–Crippen LogP) is 5.07. The van der Waals surface area contributed by atoms with E-state index in [-0.39, 0.29) is 23.1 Å². The largest absolute Gasteiger partial charge is 0.207 e. The van der Waals surface area contributed by atoms with Crippen LogP contribution in [0.25, 0.3) is 0 Å². The summed E-state index contributed by atoms with van der Waals surface area (Å²) in [5.41, 5.74) is -0.211. The van der Waals surface area contributed by atoms with Crippen molar-refractivity contribution in [2.24, 2.45) is 0 Å². The van der Waals surface area contributed by atoms with Gasteiger partial charge in [-0.2, -0.15) is 0 Å². The van der Waals surface area contributed by atoms with Crippen LogP contribution in [0.2, 0.25) is 0 Å². The molecule has 0 aromatic heterocycles. The molecule has 2 aromatic rings. The second-order valence-corrected chi connectivity index (χ2v) is 5.02. The highest BCUT2D eigenvalue weighted by molar-refractivity contribution is 6.20. The minimum absolute atomic E-state index is 0.114. The van der Waals surface area contributed by atoms with Crippen LogP contribution in [-0.2, 0) is 6.42 Å². The Labute approximate surface area is 119 Å². The maximum absolute atomic E-state index is 13.7. The van der Waals surface area contributed by atoms with E-state index in [0.29, 0.717) is 0 Å². The van der Waals surface area contributed by atoms with E-state index < -0.39 is 28.6 Å². The topological polar surface area (TPSA) is 0 Å². The highest BCUT2D eigenvalue weighted by atomic mass is 35.5. The van der Waals surface area contributed by atoms with Crippen LogP contribution >= 0.6 is 11.6 Å². The molecular formula is C15H11ClF4. The Morgan fingerprint density at radius 2 is 1.55 bits per heavy atom. The normalized spacial score (nSPS) is 12.5. The van der Waals surface area contributed by atoms with Crippen molar-refractivity contribution in [3.63, 3.8) is 0 Å². The first-order chi connectivity index (χ1) is 9.40. The van der Waals surface area contributed by atoms with Crippen LogP contribution in [0.1, 0.15) is 22.1 Å². The van der Waals surface area contributed by atoms with E-state index in [1.165, 1.54) is 13.0 Å². The van der Waals surface area contributed by atoms with E-state index >= 15 is 0 Å². The Bertz CT molecular complexity index is 620. The summed E-state index contributed by atoms with van der Waals surface area (Å²) in [5.74, 6) is -2.83. The molecule has 0 saturated heterocycles. The van der Waals surface area contributed by atoms with Crippen molar-refractivity contribution in [1.29, 1.82) is 0 Å². The maximum Gasteiger partial charge on any atom is 0.129 e. The molecule has 5 heteroatoms. The van der Waals surface area contributed by atoms with Gasteiger partial charge in [0.15, 0.2) is 0 Å². The van der Waals surface area contributed by atoms with E-state index in [2.05, 4.69) is 0 Å². The summed E-state index contributed by atoms with van der Waals surface area (Å²) in [6.45, 7) is 1.42. The number of halogens is 5. The van der Waals surface area contributed by atoms with Crippen LogP contribution in [0.5, 0.6) is 0 Å². The summed E-state index contributed by atoms with van der Waals surface area (Å²) >= 11 is 5.97. The van der Waals surface area contributed by atoms with E-state index in [9.17, 15) is 17.6 Å². The first kappa shape index (κ1) is 14.9. The zero-order valence-corrected chi connectivity index (χ0v) is 11.3. The second-order valence-electron chi connectivity index (χ2n) is 4.49. The van der Waals surface area contributed by atoms with Crippen molar-refractivity contribution in [1.82, 2.24) is 0 Å². The smallest absolute Gasteiger partial charge is 0.129 e. The molecule has 0 aliphatic heterocycles. The van der Waals surface area contributed by atoms with Crippen LogP contribution in [0.15, 0.2) is 30.3 Å². The third-order valence-corrected chi connectivity index (χ3v) is 3.45. The molecule has 1 atom stereocenters. The highest BCUT2D eigenvalue weighted by Gasteiger charge is 2.19. The lowest BCUT2D eigenvalue weighted by molar-refractivity contribution is 0.545. The van der Waals surface area contributed by atoms with E-state index in [1.807, 2.05) is 0 Å². The molecule has 0 nitrogen and oxygen atoms in total. The van der Waals surface area contributed by atoms with Crippen LogP contribution in [0.3, 0.4) is 0 Å². The van der Waals surface area contributed by atoms with Gasteiger partial charge in [-0.1, -0.05) is 6.07 Å². The molecule has 0 amide bonds. The third kappa shape index (κ3) is 2.96. The second kappa shape index (κ2) is 5.83.